The largest absolute Gasteiger partial charge is 0.355 e. The van der Waals surface area contributed by atoms with Crippen LogP contribution in [0.15, 0.2) is 78.0 Å². The van der Waals surface area contributed by atoms with E-state index < -0.39 is 10.0 Å². The standard InChI is InChI=1S/C23H21N3O3S/c27-23-15-20(16-25-23)19-6-8-22(9-7-19)30(28,29)26-21-3-1-2-18(14-21)5-4-17-10-12-24-13-11-17/h1-14,20,26H,15-16H2,(H,25,27). The molecule has 2 aromatic carbocycles. The minimum absolute atomic E-state index is 0.0243. The van der Waals surface area contributed by atoms with Gasteiger partial charge in [0.1, 0.15) is 0 Å². The van der Waals surface area contributed by atoms with Gasteiger partial charge in [0.2, 0.25) is 5.91 Å². The highest BCUT2D eigenvalue weighted by atomic mass is 32.2. The predicted octanol–water partition coefficient (Wildman–Crippen LogP) is 3.66. The van der Waals surface area contributed by atoms with E-state index in [0.29, 0.717) is 18.7 Å². The van der Waals surface area contributed by atoms with Gasteiger partial charge in [-0.25, -0.2) is 8.42 Å². The van der Waals surface area contributed by atoms with Crippen LogP contribution in [-0.2, 0) is 14.8 Å². The lowest BCUT2D eigenvalue weighted by molar-refractivity contribution is -0.119. The van der Waals surface area contributed by atoms with Crippen molar-refractivity contribution in [1.82, 2.24) is 10.3 Å². The summed E-state index contributed by atoms with van der Waals surface area (Å²) in [6.45, 7) is 0.586. The topological polar surface area (TPSA) is 88.2 Å². The molecular weight excluding hydrogens is 398 g/mol. The maximum absolute atomic E-state index is 12.8. The molecule has 1 aliphatic heterocycles. The zero-order valence-corrected chi connectivity index (χ0v) is 17.0. The molecule has 2 heterocycles. The molecule has 0 saturated carbocycles. The summed E-state index contributed by atoms with van der Waals surface area (Å²) in [5, 5.41) is 2.79. The van der Waals surface area contributed by atoms with Crippen molar-refractivity contribution in [2.24, 2.45) is 0 Å². The number of nitrogens with one attached hydrogen (secondary N) is 2. The Morgan fingerprint density at radius 3 is 2.40 bits per heavy atom. The Labute approximate surface area is 175 Å². The first-order valence-electron chi connectivity index (χ1n) is 9.57. The minimum atomic E-state index is -3.71. The van der Waals surface area contributed by atoms with Gasteiger partial charge in [-0.15, -0.1) is 0 Å². The number of carbonyl (C=O) groups is 1. The Morgan fingerprint density at radius 2 is 1.70 bits per heavy atom. The van der Waals surface area contributed by atoms with Crippen molar-refractivity contribution in [2.75, 3.05) is 11.3 Å². The number of carbonyl (C=O) groups excluding carboxylic acids is 1. The minimum Gasteiger partial charge on any atom is -0.355 e. The van der Waals surface area contributed by atoms with Crippen molar-refractivity contribution in [2.45, 2.75) is 17.2 Å². The Hall–Kier alpha value is -3.45. The highest BCUT2D eigenvalue weighted by Crippen LogP contribution is 2.25. The van der Waals surface area contributed by atoms with E-state index in [0.717, 1.165) is 16.7 Å². The lowest BCUT2D eigenvalue weighted by Crippen LogP contribution is -2.14. The third-order valence-electron chi connectivity index (χ3n) is 4.95. The summed E-state index contributed by atoms with van der Waals surface area (Å²) < 4.78 is 28.2. The maximum atomic E-state index is 12.8. The van der Waals surface area contributed by atoms with Crippen LogP contribution >= 0.6 is 0 Å². The first-order chi connectivity index (χ1) is 14.5. The van der Waals surface area contributed by atoms with E-state index in [2.05, 4.69) is 15.0 Å². The van der Waals surface area contributed by atoms with Gasteiger partial charge < -0.3 is 5.32 Å². The molecular formula is C23H21N3O3S. The van der Waals surface area contributed by atoms with E-state index >= 15 is 0 Å². The second-order valence-electron chi connectivity index (χ2n) is 7.12. The van der Waals surface area contributed by atoms with Crippen molar-refractivity contribution in [3.63, 3.8) is 0 Å². The molecule has 3 aromatic rings. The van der Waals surface area contributed by atoms with Gasteiger partial charge in [0.25, 0.3) is 10.0 Å². The van der Waals surface area contributed by atoms with E-state index in [-0.39, 0.29) is 16.7 Å². The fourth-order valence-electron chi connectivity index (χ4n) is 3.35. The van der Waals surface area contributed by atoms with Crippen molar-refractivity contribution < 1.29 is 13.2 Å². The van der Waals surface area contributed by atoms with Crippen LogP contribution < -0.4 is 10.0 Å². The molecule has 2 N–H and O–H groups in total. The fourth-order valence-corrected chi connectivity index (χ4v) is 4.40. The number of hydrogen-bond donors (Lipinski definition) is 2. The van der Waals surface area contributed by atoms with Crippen molar-refractivity contribution in [3.8, 4) is 0 Å². The van der Waals surface area contributed by atoms with Crippen molar-refractivity contribution in [1.29, 1.82) is 0 Å². The number of hydrogen-bond acceptors (Lipinski definition) is 4. The molecule has 1 amide bonds. The van der Waals surface area contributed by atoms with Crippen LogP contribution in [0.5, 0.6) is 0 Å². The molecule has 1 unspecified atom stereocenters. The number of aromatic nitrogens is 1. The molecule has 1 aliphatic rings. The van der Waals surface area contributed by atoms with E-state index in [9.17, 15) is 13.2 Å². The lowest BCUT2D eigenvalue weighted by Gasteiger charge is -2.11. The van der Waals surface area contributed by atoms with Gasteiger partial charge in [0, 0.05) is 37.0 Å². The molecule has 1 saturated heterocycles. The maximum Gasteiger partial charge on any atom is 0.261 e. The Balaban J connectivity index is 1.48. The van der Waals surface area contributed by atoms with Gasteiger partial charge in [0.05, 0.1) is 4.90 Å². The molecule has 0 spiro atoms. The fraction of sp³-hybridized carbons (Fsp3) is 0.130. The third kappa shape index (κ3) is 4.75. The highest BCUT2D eigenvalue weighted by Gasteiger charge is 2.23. The highest BCUT2D eigenvalue weighted by molar-refractivity contribution is 7.92. The Kier molecular flexibility index (Phi) is 5.63. The molecule has 4 rings (SSSR count). The van der Waals surface area contributed by atoms with Gasteiger partial charge >= 0.3 is 0 Å². The van der Waals surface area contributed by atoms with Crippen LogP contribution in [0.3, 0.4) is 0 Å². The van der Waals surface area contributed by atoms with E-state index in [4.69, 9.17) is 0 Å². The predicted molar refractivity (Wildman–Crippen MR) is 117 cm³/mol. The van der Waals surface area contributed by atoms with Crippen LogP contribution in [0, 0.1) is 0 Å². The smallest absolute Gasteiger partial charge is 0.261 e. The van der Waals surface area contributed by atoms with Gasteiger partial charge in [-0.1, -0.05) is 36.4 Å². The van der Waals surface area contributed by atoms with Gasteiger partial charge in [-0.3, -0.25) is 14.5 Å². The summed E-state index contributed by atoms with van der Waals surface area (Å²) in [5.41, 5.74) is 3.33. The summed E-state index contributed by atoms with van der Waals surface area (Å²) in [7, 11) is -3.71. The zero-order valence-electron chi connectivity index (χ0n) is 16.2. The third-order valence-corrected chi connectivity index (χ3v) is 6.35. The monoisotopic (exact) mass is 419 g/mol. The average Bonchev–Trinajstić information content (AvgIpc) is 3.19. The van der Waals surface area contributed by atoms with Crippen LogP contribution in [0.25, 0.3) is 12.2 Å². The van der Waals surface area contributed by atoms with Gasteiger partial charge in [-0.05, 0) is 53.1 Å². The summed E-state index contributed by atoms with van der Waals surface area (Å²) in [5.74, 6) is 0.113. The molecule has 1 fully saturated rings. The first kappa shape index (κ1) is 19.8. The molecule has 1 atom stereocenters. The van der Waals surface area contributed by atoms with Crippen LogP contribution in [-0.4, -0.2) is 25.9 Å². The molecule has 0 aliphatic carbocycles. The van der Waals surface area contributed by atoms with Crippen LogP contribution in [0.2, 0.25) is 0 Å². The van der Waals surface area contributed by atoms with Crippen molar-refractivity contribution >= 4 is 33.8 Å². The SMILES string of the molecule is O=C1CC(c2ccc(S(=O)(=O)Nc3cccc(C=Cc4ccncc4)c3)cc2)CN1. The quantitative estimate of drug-likeness (QED) is 0.638. The number of amides is 1. The number of benzene rings is 2. The average molecular weight is 420 g/mol. The lowest BCUT2D eigenvalue weighted by atomic mass is 9.99. The second-order valence-corrected chi connectivity index (χ2v) is 8.80. The Morgan fingerprint density at radius 1 is 0.967 bits per heavy atom. The number of nitrogens with zero attached hydrogens (tertiary/aromatic N) is 1. The molecule has 30 heavy (non-hydrogen) atoms. The van der Waals surface area contributed by atoms with E-state index in [1.54, 1.807) is 54.9 Å². The van der Waals surface area contributed by atoms with Crippen LogP contribution in [0.4, 0.5) is 5.69 Å². The van der Waals surface area contributed by atoms with Crippen molar-refractivity contribution in [3.05, 3.63) is 89.7 Å². The molecule has 6 nitrogen and oxygen atoms in total. The summed E-state index contributed by atoms with van der Waals surface area (Å²) >= 11 is 0. The Bertz CT molecular complexity index is 1170. The molecule has 7 heteroatoms. The molecule has 0 bridgehead atoms. The molecule has 0 radical (unpaired) electrons. The molecule has 152 valence electrons. The molecule has 1 aromatic heterocycles. The summed E-state index contributed by atoms with van der Waals surface area (Å²) in [4.78, 5) is 15.6. The number of pyridine rings is 1. The second kappa shape index (κ2) is 8.51. The first-order valence-corrected chi connectivity index (χ1v) is 11.1. The van der Waals surface area contributed by atoms with E-state index in [1.807, 2.05) is 30.4 Å². The van der Waals surface area contributed by atoms with E-state index in [1.165, 1.54) is 0 Å². The number of sulfonamides is 1. The summed E-state index contributed by atoms with van der Waals surface area (Å²) in [6.07, 6.45) is 7.73. The normalized spacial score (nSPS) is 16.5. The summed E-state index contributed by atoms with van der Waals surface area (Å²) in [6, 6.07) is 17.7. The van der Waals surface area contributed by atoms with Gasteiger partial charge in [-0.2, -0.15) is 0 Å². The number of rotatable bonds is 6. The zero-order chi connectivity index (χ0) is 21.0. The number of anilines is 1. The van der Waals surface area contributed by atoms with Crippen LogP contribution in [0.1, 0.15) is 29.0 Å². The van der Waals surface area contributed by atoms with Gasteiger partial charge in [0.15, 0.2) is 0 Å².